The first-order chi connectivity index (χ1) is 8.63. The average molecular weight is 246 g/mol. The standard InChI is InChI=1S/C13H14N2O3/c1-7-4-9(6-18-7)12-14-10-3-2-8(13(16)17)5-11(10)15-12/h2-3,5,7,9H,4,6H2,1H3,(H,14,15)(H,16,17). The Bertz CT molecular complexity index is 605. The molecule has 1 aromatic carbocycles. The number of H-pyrrole nitrogens is 1. The number of nitrogens with one attached hydrogen (secondary N) is 1. The van der Waals surface area contributed by atoms with Crippen LogP contribution in [-0.4, -0.2) is 33.8 Å². The number of fused-ring (bicyclic) bond motifs is 1. The lowest BCUT2D eigenvalue weighted by atomic mass is 10.1. The smallest absolute Gasteiger partial charge is 0.335 e. The molecule has 0 spiro atoms. The average Bonchev–Trinajstić information content (AvgIpc) is 2.93. The summed E-state index contributed by atoms with van der Waals surface area (Å²) in [5.41, 5.74) is 1.84. The van der Waals surface area contributed by atoms with Crippen molar-refractivity contribution >= 4 is 17.0 Å². The van der Waals surface area contributed by atoms with Gasteiger partial charge in [0.05, 0.1) is 29.3 Å². The fourth-order valence-electron chi connectivity index (χ4n) is 2.36. The van der Waals surface area contributed by atoms with E-state index in [2.05, 4.69) is 9.97 Å². The Morgan fingerprint density at radius 2 is 2.39 bits per heavy atom. The van der Waals surface area contributed by atoms with Gasteiger partial charge in [0.2, 0.25) is 0 Å². The molecule has 5 heteroatoms. The molecule has 3 rings (SSSR count). The Morgan fingerprint density at radius 1 is 1.56 bits per heavy atom. The van der Waals surface area contributed by atoms with Gasteiger partial charge in [-0.05, 0) is 31.5 Å². The molecule has 0 saturated carbocycles. The summed E-state index contributed by atoms with van der Waals surface area (Å²) in [5, 5.41) is 8.94. The van der Waals surface area contributed by atoms with Crippen molar-refractivity contribution in [2.24, 2.45) is 0 Å². The van der Waals surface area contributed by atoms with E-state index >= 15 is 0 Å². The first-order valence-electron chi connectivity index (χ1n) is 5.98. The molecule has 0 amide bonds. The maximum atomic E-state index is 10.9. The number of nitrogens with zero attached hydrogens (tertiary/aromatic N) is 1. The summed E-state index contributed by atoms with van der Waals surface area (Å²) >= 11 is 0. The number of hydrogen-bond acceptors (Lipinski definition) is 3. The van der Waals surface area contributed by atoms with Gasteiger partial charge in [-0.1, -0.05) is 0 Å². The third-order valence-corrected chi connectivity index (χ3v) is 3.33. The Morgan fingerprint density at radius 3 is 3.06 bits per heavy atom. The molecule has 0 bridgehead atoms. The highest BCUT2D eigenvalue weighted by Crippen LogP contribution is 2.28. The van der Waals surface area contributed by atoms with Crippen LogP contribution in [0.2, 0.25) is 0 Å². The zero-order valence-corrected chi connectivity index (χ0v) is 10.0. The van der Waals surface area contributed by atoms with Crippen LogP contribution in [0.25, 0.3) is 11.0 Å². The summed E-state index contributed by atoms with van der Waals surface area (Å²) < 4.78 is 5.52. The van der Waals surface area contributed by atoms with E-state index in [9.17, 15) is 4.79 Å². The molecule has 2 atom stereocenters. The first kappa shape index (κ1) is 11.2. The van der Waals surface area contributed by atoms with Gasteiger partial charge >= 0.3 is 5.97 Å². The predicted molar refractivity (Wildman–Crippen MR) is 65.8 cm³/mol. The van der Waals surface area contributed by atoms with Crippen molar-refractivity contribution in [2.75, 3.05) is 6.61 Å². The Kier molecular flexibility index (Phi) is 2.56. The molecule has 5 nitrogen and oxygen atoms in total. The fraction of sp³-hybridized carbons (Fsp3) is 0.385. The molecule has 94 valence electrons. The Labute approximate surface area is 104 Å². The van der Waals surface area contributed by atoms with Gasteiger partial charge in [-0.2, -0.15) is 0 Å². The van der Waals surface area contributed by atoms with Crippen LogP contribution in [0.5, 0.6) is 0 Å². The normalized spacial score (nSPS) is 23.6. The molecule has 2 unspecified atom stereocenters. The zero-order valence-electron chi connectivity index (χ0n) is 10.0. The van der Waals surface area contributed by atoms with Gasteiger partial charge in [0, 0.05) is 5.92 Å². The second-order valence-electron chi connectivity index (χ2n) is 4.74. The minimum Gasteiger partial charge on any atom is -0.478 e. The van der Waals surface area contributed by atoms with E-state index in [-0.39, 0.29) is 17.6 Å². The number of carbonyl (C=O) groups is 1. The van der Waals surface area contributed by atoms with Crippen molar-refractivity contribution in [2.45, 2.75) is 25.4 Å². The van der Waals surface area contributed by atoms with Gasteiger partial charge in [0.1, 0.15) is 5.82 Å². The quantitative estimate of drug-likeness (QED) is 0.851. The number of aromatic nitrogens is 2. The molecule has 1 aromatic heterocycles. The highest BCUT2D eigenvalue weighted by atomic mass is 16.5. The van der Waals surface area contributed by atoms with Gasteiger partial charge in [-0.3, -0.25) is 0 Å². The summed E-state index contributed by atoms with van der Waals surface area (Å²) in [7, 11) is 0. The molecule has 1 saturated heterocycles. The molecule has 1 aliphatic rings. The first-order valence-corrected chi connectivity index (χ1v) is 5.98. The monoisotopic (exact) mass is 246 g/mol. The number of aromatic carboxylic acids is 1. The van der Waals surface area contributed by atoms with Crippen LogP contribution in [0.3, 0.4) is 0 Å². The van der Waals surface area contributed by atoms with Crippen molar-refractivity contribution < 1.29 is 14.6 Å². The highest BCUT2D eigenvalue weighted by Gasteiger charge is 2.26. The van der Waals surface area contributed by atoms with Gasteiger partial charge in [-0.15, -0.1) is 0 Å². The van der Waals surface area contributed by atoms with Crippen LogP contribution < -0.4 is 0 Å². The van der Waals surface area contributed by atoms with Crippen molar-refractivity contribution in [1.29, 1.82) is 0 Å². The van der Waals surface area contributed by atoms with Gasteiger partial charge in [-0.25, -0.2) is 9.78 Å². The van der Waals surface area contributed by atoms with Crippen LogP contribution in [0, 0.1) is 0 Å². The molecular weight excluding hydrogens is 232 g/mol. The maximum Gasteiger partial charge on any atom is 0.335 e. The fourth-order valence-corrected chi connectivity index (χ4v) is 2.36. The van der Waals surface area contributed by atoms with Crippen molar-refractivity contribution in [3.05, 3.63) is 29.6 Å². The number of imidazole rings is 1. The molecule has 2 heterocycles. The minimum atomic E-state index is -0.925. The van der Waals surface area contributed by atoms with Crippen LogP contribution in [-0.2, 0) is 4.74 Å². The Hall–Kier alpha value is -1.88. The topological polar surface area (TPSA) is 75.2 Å². The zero-order chi connectivity index (χ0) is 12.7. The number of carboxylic acids is 1. The number of ether oxygens (including phenoxy) is 1. The summed E-state index contributed by atoms with van der Waals surface area (Å²) in [6.45, 7) is 2.72. The molecule has 0 aliphatic carbocycles. The molecule has 2 N–H and O–H groups in total. The molecule has 18 heavy (non-hydrogen) atoms. The lowest BCUT2D eigenvalue weighted by Gasteiger charge is -2.01. The van der Waals surface area contributed by atoms with E-state index in [0.717, 1.165) is 23.3 Å². The van der Waals surface area contributed by atoms with Gasteiger partial charge < -0.3 is 14.8 Å². The van der Waals surface area contributed by atoms with Crippen LogP contribution in [0.4, 0.5) is 0 Å². The summed E-state index contributed by atoms with van der Waals surface area (Å²) in [6, 6.07) is 4.93. The van der Waals surface area contributed by atoms with Crippen molar-refractivity contribution in [3.63, 3.8) is 0 Å². The van der Waals surface area contributed by atoms with E-state index in [1.54, 1.807) is 18.2 Å². The summed E-state index contributed by atoms with van der Waals surface area (Å²) in [5.74, 6) is 0.239. The van der Waals surface area contributed by atoms with Crippen LogP contribution in [0.15, 0.2) is 18.2 Å². The van der Waals surface area contributed by atoms with E-state index < -0.39 is 5.97 Å². The number of aromatic amines is 1. The van der Waals surface area contributed by atoms with Crippen molar-refractivity contribution in [1.82, 2.24) is 9.97 Å². The SMILES string of the molecule is CC1CC(c2nc3ccc(C(=O)O)cc3[nH]2)CO1. The molecule has 1 fully saturated rings. The molecule has 1 aliphatic heterocycles. The minimum absolute atomic E-state index is 0.262. The van der Waals surface area contributed by atoms with E-state index in [1.165, 1.54) is 0 Å². The number of hydrogen-bond donors (Lipinski definition) is 2. The lowest BCUT2D eigenvalue weighted by molar-refractivity contribution is 0.0697. The Balaban J connectivity index is 1.98. The van der Waals surface area contributed by atoms with Gasteiger partial charge in [0.25, 0.3) is 0 Å². The van der Waals surface area contributed by atoms with Crippen LogP contribution >= 0.6 is 0 Å². The maximum absolute atomic E-state index is 10.9. The molecule has 2 aromatic rings. The van der Waals surface area contributed by atoms with E-state index in [0.29, 0.717) is 6.61 Å². The van der Waals surface area contributed by atoms with Crippen LogP contribution in [0.1, 0.15) is 35.4 Å². The highest BCUT2D eigenvalue weighted by molar-refractivity contribution is 5.92. The third-order valence-electron chi connectivity index (χ3n) is 3.33. The predicted octanol–water partition coefficient (Wildman–Crippen LogP) is 2.15. The number of rotatable bonds is 2. The lowest BCUT2D eigenvalue weighted by Crippen LogP contribution is -2.00. The largest absolute Gasteiger partial charge is 0.478 e. The molecular formula is C13H14N2O3. The van der Waals surface area contributed by atoms with E-state index in [1.807, 2.05) is 6.92 Å². The summed E-state index contributed by atoms with van der Waals surface area (Å²) in [4.78, 5) is 18.6. The number of benzene rings is 1. The summed E-state index contributed by atoms with van der Waals surface area (Å²) in [6.07, 6.45) is 1.21. The van der Waals surface area contributed by atoms with Crippen molar-refractivity contribution in [3.8, 4) is 0 Å². The number of carboxylic acid groups (broad SMARTS) is 1. The second-order valence-corrected chi connectivity index (χ2v) is 4.74. The third kappa shape index (κ3) is 1.86. The van der Waals surface area contributed by atoms with Gasteiger partial charge in [0.15, 0.2) is 0 Å². The van der Waals surface area contributed by atoms with E-state index in [4.69, 9.17) is 9.84 Å². The molecule has 0 radical (unpaired) electrons. The second kappa shape index (κ2) is 4.10.